The minimum absolute atomic E-state index is 0. The molecule has 0 aliphatic carbocycles. The summed E-state index contributed by atoms with van der Waals surface area (Å²) < 4.78 is 0. The van der Waals surface area contributed by atoms with Crippen LogP contribution in [0, 0.1) is 0 Å². The Morgan fingerprint density at radius 1 is 0.368 bits per heavy atom. The van der Waals surface area contributed by atoms with Gasteiger partial charge in [-0.1, -0.05) is 0 Å². The summed E-state index contributed by atoms with van der Waals surface area (Å²) in [4.78, 5) is 119. The zero-order valence-electron chi connectivity index (χ0n) is 40.2. The summed E-state index contributed by atoms with van der Waals surface area (Å²) in [5.74, 6) is -11.3. The number of aliphatic hydroxyl groups is 4. The number of aliphatic hydroxyl groups excluding tert-OH is 4. The fourth-order valence-corrected chi connectivity index (χ4v) is 3.16. The molecule has 0 bridgehead atoms. The summed E-state index contributed by atoms with van der Waals surface area (Å²) >= 11 is 0. The van der Waals surface area contributed by atoms with E-state index < -0.39 is 96.3 Å². The summed E-state index contributed by atoms with van der Waals surface area (Å²) in [5.41, 5.74) is 0. The minimum Gasteiger partial charge on any atom is -0.548 e. The molecule has 68 heavy (non-hydrogen) atoms. The van der Waals surface area contributed by atoms with Crippen molar-refractivity contribution in [1.82, 2.24) is 21.3 Å². The molecule has 4 rings (SSSR count). The van der Waals surface area contributed by atoms with Crippen molar-refractivity contribution >= 4 is 71.4 Å². The molecule has 0 aromatic heterocycles. The molecule has 4 heterocycles. The van der Waals surface area contributed by atoms with Gasteiger partial charge in [0.2, 0.25) is 23.6 Å². The number of amides is 4. The van der Waals surface area contributed by atoms with E-state index in [1.54, 1.807) is 0 Å². The van der Waals surface area contributed by atoms with E-state index in [9.17, 15) is 98.4 Å². The molecule has 8 atom stereocenters. The molecule has 0 saturated carbocycles. The van der Waals surface area contributed by atoms with Crippen molar-refractivity contribution in [2.24, 2.45) is 0 Å². The average Bonchev–Trinajstić information content (AvgIpc) is 3.95. The Balaban J connectivity index is -0.0000000522. The third-order valence-electron chi connectivity index (χ3n) is 6.48. The number of rotatable bonds is 8. The average molecular weight is 1120 g/mol. The number of hydrogen-bond donors (Lipinski definition) is 8. The van der Waals surface area contributed by atoms with E-state index in [2.05, 4.69) is 21.3 Å². The van der Waals surface area contributed by atoms with E-state index in [-0.39, 0.29) is 347 Å². The normalized spacial score (nSPS) is 18.5. The van der Waals surface area contributed by atoms with Crippen LogP contribution in [0.1, 0.15) is 79.1 Å². The number of carbonyl (C=O) groups is 12. The zero-order chi connectivity index (χ0) is 48.0. The molecule has 4 aliphatic heterocycles. The second kappa shape index (κ2) is 60.3. The van der Waals surface area contributed by atoms with Crippen molar-refractivity contribution in [3.05, 3.63) is 0 Å². The topological polar surface area (TPSA) is 518 Å². The van der Waals surface area contributed by atoms with E-state index in [4.69, 9.17) is 20.4 Å². The summed E-state index contributed by atoms with van der Waals surface area (Å²) in [5, 5.41) is 118. The Morgan fingerprint density at radius 3 is 0.500 bits per heavy atom. The van der Waals surface area contributed by atoms with Crippen LogP contribution in [-0.2, 0) is 57.5 Å². The van der Waals surface area contributed by atoms with E-state index >= 15 is 0 Å². The maximum atomic E-state index is 10.4. The number of carboxylic acids is 8. The summed E-state index contributed by atoms with van der Waals surface area (Å²) in [6.45, 7) is 4.54. The fraction of sp³-hybridized carbons (Fsp3) is 0.625. The predicted molar refractivity (Wildman–Crippen MR) is 171 cm³/mol. The molecule has 8 N–H and O–H groups in total. The van der Waals surface area contributed by atoms with Crippen LogP contribution < -0.4 is 386 Å². The van der Waals surface area contributed by atoms with Gasteiger partial charge in [-0.3, -0.25) is 19.2 Å². The molecular weight excluding hydrogens is 1070 g/mol. The first-order valence-corrected chi connectivity index (χ1v) is 16.9. The summed E-state index contributed by atoms with van der Waals surface area (Å²) in [6.07, 6.45) is -2.70. The number of carbonyl (C=O) groups excluding carboxylic acids is 12. The van der Waals surface area contributed by atoms with E-state index in [1.807, 2.05) is 0 Å². The molecule has 4 aliphatic rings. The molecule has 344 valence electrons. The molecule has 0 radical (unpaired) electrons. The zero-order valence-corrected chi connectivity index (χ0v) is 60.7. The molecule has 4 amide bonds. The molecule has 0 aromatic rings. The van der Waals surface area contributed by atoms with E-state index in [0.29, 0.717) is 51.4 Å². The minimum atomic E-state index is -1.44. The van der Waals surface area contributed by atoms with Gasteiger partial charge in [-0.2, -0.15) is 0 Å². The van der Waals surface area contributed by atoms with Crippen molar-refractivity contribution in [3.8, 4) is 0 Å². The van der Waals surface area contributed by atoms with Gasteiger partial charge in [0.15, 0.2) is 0 Å². The third-order valence-corrected chi connectivity index (χ3v) is 6.48. The van der Waals surface area contributed by atoms with Crippen LogP contribution in [0.15, 0.2) is 0 Å². The Hall–Kier alpha value is 4.03. The van der Waals surface area contributed by atoms with Gasteiger partial charge in [0.05, 0.1) is 96.3 Å². The molecular formula is C32H44K4N4Na4O24. The number of hydrogen-bond acceptors (Lipinski definition) is 24. The monoisotopic (exact) mass is 1120 g/mol. The standard InChI is InChI=1S/4C5H7NO3.4C3H6O3.4K.4Na/c4*7-4-2-1-3(6-4)5(8)9;4*1-2(4)3(5)6;;;;;;;;/h4*3H,1-2H2,(H,6,7)(H,8,9);4*2,4H,1H3,(H,5,6);;;;;;;;/q;;;;;;;;8*+1/p-8. The maximum absolute atomic E-state index is 10.4. The van der Waals surface area contributed by atoms with Gasteiger partial charge in [-0.05, 0) is 53.4 Å². The smallest absolute Gasteiger partial charge is 0.548 e. The SMILES string of the molecule is CC(O)C(=O)[O-].CC(O)C(=O)[O-].CC(O)C(=O)[O-].CC(O)C(=O)[O-].O=C1CCC(C(=O)[O-])N1.O=C1CCC(C(=O)[O-])N1.O=C1CCC(C(=O)[O-])N1.O=C1CCC(C(=O)[O-])N1.[K+].[K+].[K+].[K+].[Na+].[Na+].[Na+].[Na+]. The third kappa shape index (κ3) is 64.3. The molecule has 28 nitrogen and oxygen atoms in total. The number of nitrogens with one attached hydrogen (secondary N) is 4. The molecule has 4 fully saturated rings. The largest absolute Gasteiger partial charge is 1.00 e. The molecule has 8 unspecified atom stereocenters. The predicted octanol–water partition coefficient (Wildman–Crippen LogP) is -39.4. The van der Waals surface area contributed by atoms with Crippen LogP contribution in [0.5, 0.6) is 0 Å². The Labute approximate surface area is 648 Å². The first-order valence-electron chi connectivity index (χ1n) is 16.9. The van der Waals surface area contributed by atoms with Gasteiger partial charge in [0.1, 0.15) is 0 Å². The number of carboxylic acid groups (broad SMARTS) is 8. The summed E-state index contributed by atoms with van der Waals surface area (Å²) in [7, 11) is 0. The number of aliphatic carboxylic acids is 8. The summed E-state index contributed by atoms with van der Waals surface area (Å²) in [6, 6.07) is -3.01. The Morgan fingerprint density at radius 2 is 0.471 bits per heavy atom. The van der Waals surface area contributed by atoms with Crippen LogP contribution in [-0.4, -0.2) is 140 Å². The van der Waals surface area contributed by atoms with Gasteiger partial charge >= 0.3 is 324 Å². The van der Waals surface area contributed by atoms with Crippen molar-refractivity contribution in [1.29, 1.82) is 0 Å². The van der Waals surface area contributed by atoms with Crippen molar-refractivity contribution in [3.63, 3.8) is 0 Å². The van der Waals surface area contributed by atoms with E-state index in [1.165, 1.54) is 0 Å². The second-order valence-corrected chi connectivity index (χ2v) is 11.9. The maximum Gasteiger partial charge on any atom is 1.00 e. The molecule has 0 spiro atoms. The van der Waals surface area contributed by atoms with Gasteiger partial charge in [0.25, 0.3) is 0 Å². The van der Waals surface area contributed by atoms with Crippen LogP contribution in [0.25, 0.3) is 0 Å². The van der Waals surface area contributed by atoms with Crippen LogP contribution in [0.2, 0.25) is 0 Å². The van der Waals surface area contributed by atoms with Crippen molar-refractivity contribution in [2.75, 3.05) is 0 Å². The van der Waals surface area contributed by atoms with Crippen LogP contribution in [0.4, 0.5) is 0 Å². The van der Waals surface area contributed by atoms with Crippen LogP contribution >= 0.6 is 0 Å². The van der Waals surface area contributed by atoms with Gasteiger partial charge in [0, 0.05) is 25.7 Å². The Kier molecular flexibility index (Phi) is 89.4. The first-order chi connectivity index (χ1) is 27.4. The molecule has 0 aromatic carbocycles. The van der Waals surface area contributed by atoms with Crippen LogP contribution in [0.3, 0.4) is 0 Å². The Bertz CT molecular complexity index is 1310. The second-order valence-electron chi connectivity index (χ2n) is 11.9. The van der Waals surface area contributed by atoms with Gasteiger partial charge in [-0.25, -0.2) is 0 Å². The first kappa shape index (κ1) is 101. The molecule has 4 saturated heterocycles. The molecule has 36 heteroatoms. The van der Waals surface area contributed by atoms with Gasteiger partial charge in [-0.15, -0.1) is 0 Å². The van der Waals surface area contributed by atoms with Crippen molar-refractivity contribution < 1.29 is 443 Å². The van der Waals surface area contributed by atoms with Crippen molar-refractivity contribution in [2.45, 2.75) is 128 Å². The van der Waals surface area contributed by atoms with E-state index in [0.717, 1.165) is 27.7 Å². The quantitative estimate of drug-likeness (QED) is 0.105. The fourth-order valence-electron chi connectivity index (χ4n) is 3.16. The van der Waals surface area contributed by atoms with Gasteiger partial charge < -0.3 is 121 Å².